The van der Waals surface area contributed by atoms with E-state index in [1.807, 2.05) is 18.2 Å². The molecule has 21 heavy (non-hydrogen) atoms. The molecule has 0 saturated carbocycles. The Morgan fingerprint density at radius 1 is 1.05 bits per heavy atom. The van der Waals surface area contributed by atoms with Crippen LogP contribution in [-0.2, 0) is 0 Å². The van der Waals surface area contributed by atoms with Gasteiger partial charge in [0.15, 0.2) is 0 Å². The molecule has 1 atom stereocenters. The van der Waals surface area contributed by atoms with Crippen molar-refractivity contribution >= 4 is 17.5 Å². The topological polar surface area (TPSA) is 29.1 Å². The van der Waals surface area contributed by atoms with Crippen LogP contribution >= 0.6 is 11.6 Å². The molecule has 0 spiro atoms. The molecule has 2 aromatic carbocycles. The third kappa shape index (κ3) is 4.61. The highest BCUT2D eigenvalue weighted by Gasteiger charge is 2.16. The molecule has 0 aliphatic carbocycles. The summed E-state index contributed by atoms with van der Waals surface area (Å²) in [6.07, 6.45) is 0.906. The van der Waals surface area contributed by atoms with Crippen LogP contribution < -0.4 is 5.32 Å². The quantitative estimate of drug-likeness (QED) is 0.839. The van der Waals surface area contributed by atoms with Crippen LogP contribution in [0.15, 0.2) is 54.6 Å². The van der Waals surface area contributed by atoms with E-state index in [9.17, 15) is 4.79 Å². The van der Waals surface area contributed by atoms with E-state index in [1.165, 1.54) is 0 Å². The summed E-state index contributed by atoms with van der Waals surface area (Å²) in [5.41, 5.74) is 1.76. The fraction of sp³-hybridized carbons (Fsp3) is 0.278. The molecule has 2 rings (SSSR count). The lowest BCUT2D eigenvalue weighted by Crippen LogP contribution is -2.29. The van der Waals surface area contributed by atoms with Gasteiger partial charge in [-0.05, 0) is 42.2 Å². The molecule has 2 aromatic rings. The average Bonchev–Trinajstić information content (AvgIpc) is 2.47. The van der Waals surface area contributed by atoms with E-state index in [2.05, 4.69) is 31.3 Å². The molecule has 1 amide bonds. The fourth-order valence-corrected chi connectivity index (χ4v) is 2.40. The standard InChI is InChI=1S/C18H20ClNO/c1-13(2)12-17(14-6-4-3-5-7-14)20-18(21)15-8-10-16(19)11-9-15/h3-11,13,17H,12H2,1-2H3,(H,20,21)/t17-/m1/s1. The second kappa shape index (κ2) is 7.28. The highest BCUT2D eigenvalue weighted by Crippen LogP contribution is 2.22. The summed E-state index contributed by atoms with van der Waals surface area (Å²) in [5.74, 6) is 0.432. The van der Waals surface area contributed by atoms with Crippen LogP contribution in [0.4, 0.5) is 0 Å². The molecule has 0 unspecified atom stereocenters. The van der Waals surface area contributed by atoms with E-state index in [4.69, 9.17) is 11.6 Å². The zero-order chi connectivity index (χ0) is 15.2. The number of hydrogen-bond donors (Lipinski definition) is 1. The van der Waals surface area contributed by atoms with Gasteiger partial charge in [0.05, 0.1) is 6.04 Å². The molecule has 0 saturated heterocycles. The van der Waals surface area contributed by atoms with Gasteiger partial charge in [0.1, 0.15) is 0 Å². The van der Waals surface area contributed by atoms with Gasteiger partial charge in [-0.15, -0.1) is 0 Å². The highest BCUT2D eigenvalue weighted by molar-refractivity contribution is 6.30. The van der Waals surface area contributed by atoms with Gasteiger partial charge in [-0.3, -0.25) is 4.79 Å². The number of hydrogen-bond acceptors (Lipinski definition) is 1. The summed E-state index contributed by atoms with van der Waals surface area (Å²) >= 11 is 5.86. The number of carbonyl (C=O) groups is 1. The Bertz CT molecular complexity index is 578. The summed E-state index contributed by atoms with van der Waals surface area (Å²) in [7, 11) is 0. The van der Waals surface area contributed by atoms with E-state index in [-0.39, 0.29) is 11.9 Å². The van der Waals surface area contributed by atoms with E-state index in [1.54, 1.807) is 24.3 Å². The number of rotatable bonds is 5. The number of nitrogens with one attached hydrogen (secondary N) is 1. The van der Waals surface area contributed by atoms with Gasteiger partial charge in [0.2, 0.25) is 0 Å². The maximum atomic E-state index is 12.4. The van der Waals surface area contributed by atoms with Crippen LogP contribution in [0.1, 0.15) is 42.2 Å². The molecule has 0 heterocycles. The van der Waals surface area contributed by atoms with Gasteiger partial charge in [-0.2, -0.15) is 0 Å². The molecule has 0 aliphatic rings. The maximum Gasteiger partial charge on any atom is 0.251 e. The molecule has 0 bridgehead atoms. The van der Waals surface area contributed by atoms with Crippen molar-refractivity contribution in [3.05, 3.63) is 70.7 Å². The van der Waals surface area contributed by atoms with Gasteiger partial charge in [0, 0.05) is 10.6 Å². The minimum Gasteiger partial charge on any atom is -0.345 e. The predicted molar refractivity (Wildman–Crippen MR) is 87.6 cm³/mol. The summed E-state index contributed by atoms with van der Waals surface area (Å²) < 4.78 is 0. The van der Waals surface area contributed by atoms with Gasteiger partial charge < -0.3 is 5.32 Å². The van der Waals surface area contributed by atoms with E-state index in [0.29, 0.717) is 16.5 Å². The van der Waals surface area contributed by atoms with Gasteiger partial charge in [0.25, 0.3) is 5.91 Å². The Morgan fingerprint density at radius 3 is 2.24 bits per heavy atom. The Labute approximate surface area is 131 Å². The molecule has 1 N–H and O–H groups in total. The lowest BCUT2D eigenvalue weighted by Gasteiger charge is -2.21. The van der Waals surface area contributed by atoms with Gasteiger partial charge in [-0.25, -0.2) is 0 Å². The Morgan fingerprint density at radius 2 is 1.67 bits per heavy atom. The fourth-order valence-electron chi connectivity index (χ4n) is 2.28. The number of carbonyl (C=O) groups excluding carboxylic acids is 1. The second-order valence-electron chi connectivity index (χ2n) is 5.57. The first-order valence-electron chi connectivity index (χ1n) is 7.17. The number of benzene rings is 2. The largest absolute Gasteiger partial charge is 0.345 e. The predicted octanol–water partition coefficient (Wildman–Crippen LogP) is 4.86. The van der Waals surface area contributed by atoms with Crippen LogP contribution in [0.2, 0.25) is 5.02 Å². The van der Waals surface area contributed by atoms with Crippen LogP contribution in [0.5, 0.6) is 0 Å². The van der Waals surface area contributed by atoms with Crippen molar-refractivity contribution in [1.82, 2.24) is 5.32 Å². The highest BCUT2D eigenvalue weighted by atomic mass is 35.5. The monoisotopic (exact) mass is 301 g/mol. The van der Waals surface area contributed by atoms with Crippen molar-refractivity contribution in [2.24, 2.45) is 5.92 Å². The molecular formula is C18H20ClNO. The van der Waals surface area contributed by atoms with Crippen molar-refractivity contribution < 1.29 is 4.79 Å². The smallest absolute Gasteiger partial charge is 0.251 e. The minimum absolute atomic E-state index is 0.0226. The summed E-state index contributed by atoms with van der Waals surface area (Å²) in [5, 5.41) is 3.75. The number of amides is 1. The van der Waals surface area contributed by atoms with Gasteiger partial charge in [-0.1, -0.05) is 55.8 Å². The molecule has 0 aromatic heterocycles. The molecule has 0 fully saturated rings. The van der Waals surface area contributed by atoms with Crippen LogP contribution in [0.3, 0.4) is 0 Å². The van der Waals surface area contributed by atoms with E-state index in [0.717, 1.165) is 12.0 Å². The second-order valence-corrected chi connectivity index (χ2v) is 6.01. The van der Waals surface area contributed by atoms with E-state index < -0.39 is 0 Å². The van der Waals surface area contributed by atoms with Crippen molar-refractivity contribution in [2.45, 2.75) is 26.3 Å². The first kappa shape index (κ1) is 15.6. The van der Waals surface area contributed by atoms with Crippen molar-refractivity contribution in [3.63, 3.8) is 0 Å². The van der Waals surface area contributed by atoms with Crippen molar-refractivity contribution in [1.29, 1.82) is 0 Å². The SMILES string of the molecule is CC(C)C[C@@H](NC(=O)c1ccc(Cl)cc1)c1ccccc1. The zero-order valence-corrected chi connectivity index (χ0v) is 13.1. The lowest BCUT2D eigenvalue weighted by atomic mass is 9.96. The van der Waals surface area contributed by atoms with Crippen LogP contribution in [-0.4, -0.2) is 5.91 Å². The zero-order valence-electron chi connectivity index (χ0n) is 12.3. The van der Waals surface area contributed by atoms with Crippen LogP contribution in [0, 0.1) is 5.92 Å². The molecule has 110 valence electrons. The molecular weight excluding hydrogens is 282 g/mol. The minimum atomic E-state index is -0.0684. The van der Waals surface area contributed by atoms with Gasteiger partial charge >= 0.3 is 0 Å². The third-order valence-electron chi connectivity index (χ3n) is 3.32. The molecule has 0 radical (unpaired) electrons. The molecule has 3 heteroatoms. The third-order valence-corrected chi connectivity index (χ3v) is 3.57. The first-order chi connectivity index (χ1) is 10.1. The van der Waals surface area contributed by atoms with Crippen molar-refractivity contribution in [2.75, 3.05) is 0 Å². The summed E-state index contributed by atoms with van der Waals surface area (Å²) in [4.78, 5) is 12.4. The molecule has 0 aliphatic heterocycles. The normalized spacial score (nSPS) is 12.2. The summed E-state index contributed by atoms with van der Waals surface area (Å²) in [6.45, 7) is 4.31. The van der Waals surface area contributed by atoms with Crippen molar-refractivity contribution in [3.8, 4) is 0 Å². The average molecular weight is 302 g/mol. The maximum absolute atomic E-state index is 12.4. The first-order valence-corrected chi connectivity index (χ1v) is 7.55. The Kier molecular flexibility index (Phi) is 5.40. The Hall–Kier alpha value is -1.80. The van der Waals surface area contributed by atoms with E-state index >= 15 is 0 Å². The van der Waals surface area contributed by atoms with Crippen LogP contribution in [0.25, 0.3) is 0 Å². The molecule has 2 nitrogen and oxygen atoms in total. The lowest BCUT2D eigenvalue weighted by molar-refractivity contribution is 0.0932. The summed E-state index contributed by atoms with van der Waals surface area (Å²) in [6, 6.07) is 17.1. The Balaban J connectivity index is 2.15. The number of halogens is 1.